The van der Waals surface area contributed by atoms with Gasteiger partial charge >= 0.3 is 11.9 Å². The summed E-state index contributed by atoms with van der Waals surface area (Å²) in [5.74, 6) is -1.94. The van der Waals surface area contributed by atoms with Gasteiger partial charge in [-0.1, -0.05) is 6.07 Å². The van der Waals surface area contributed by atoms with Gasteiger partial charge in [0, 0.05) is 17.8 Å². The monoisotopic (exact) mass is 440 g/mol. The van der Waals surface area contributed by atoms with Crippen molar-refractivity contribution < 1.29 is 28.7 Å². The van der Waals surface area contributed by atoms with Crippen molar-refractivity contribution in [2.24, 2.45) is 0 Å². The molecule has 170 valence electrons. The Hall–Kier alpha value is -3.68. The number of anilines is 2. The van der Waals surface area contributed by atoms with Crippen LogP contribution in [0.1, 0.15) is 48.2 Å². The zero-order valence-corrected chi connectivity index (χ0v) is 18.7. The minimum absolute atomic E-state index is 0.103. The van der Waals surface area contributed by atoms with E-state index in [0.717, 1.165) is 11.1 Å². The molecule has 0 aromatic heterocycles. The smallest absolute Gasteiger partial charge is 0.338 e. The molecular formula is C24H28N2O6. The average molecular weight is 440 g/mol. The summed E-state index contributed by atoms with van der Waals surface area (Å²) < 4.78 is 10.0. The topological polar surface area (TPSA) is 111 Å². The molecule has 0 saturated carbocycles. The second kappa shape index (κ2) is 11.6. The van der Waals surface area contributed by atoms with E-state index in [-0.39, 0.29) is 24.9 Å². The minimum Gasteiger partial charge on any atom is -0.459 e. The van der Waals surface area contributed by atoms with Gasteiger partial charge in [0.2, 0.25) is 5.91 Å². The highest BCUT2D eigenvalue weighted by atomic mass is 16.5. The fraction of sp³-hybridized carbons (Fsp3) is 0.333. The van der Waals surface area contributed by atoms with Crippen molar-refractivity contribution in [1.29, 1.82) is 0 Å². The van der Waals surface area contributed by atoms with Crippen molar-refractivity contribution in [3.05, 3.63) is 59.2 Å². The van der Waals surface area contributed by atoms with Gasteiger partial charge in [-0.2, -0.15) is 0 Å². The van der Waals surface area contributed by atoms with Gasteiger partial charge < -0.3 is 20.1 Å². The molecule has 0 unspecified atom stereocenters. The molecule has 0 saturated heterocycles. The zero-order valence-electron chi connectivity index (χ0n) is 18.7. The molecule has 0 radical (unpaired) electrons. The quantitative estimate of drug-likeness (QED) is 0.574. The highest BCUT2D eigenvalue weighted by Crippen LogP contribution is 2.14. The molecule has 0 aliphatic heterocycles. The molecule has 32 heavy (non-hydrogen) atoms. The van der Waals surface area contributed by atoms with Crippen LogP contribution < -0.4 is 10.6 Å². The minimum atomic E-state index is -0.650. The zero-order chi connectivity index (χ0) is 23.7. The number of carbonyl (C=O) groups excluding carboxylic acids is 4. The molecule has 0 aliphatic rings. The number of nitrogens with one attached hydrogen (secondary N) is 2. The van der Waals surface area contributed by atoms with Crippen LogP contribution in [0.3, 0.4) is 0 Å². The highest BCUT2D eigenvalue weighted by molar-refractivity contribution is 5.95. The van der Waals surface area contributed by atoms with Crippen molar-refractivity contribution >= 4 is 35.1 Å². The Balaban J connectivity index is 1.71. The van der Waals surface area contributed by atoms with E-state index in [1.165, 1.54) is 0 Å². The van der Waals surface area contributed by atoms with Crippen molar-refractivity contribution in [2.45, 2.75) is 46.6 Å². The Morgan fingerprint density at radius 1 is 0.812 bits per heavy atom. The molecule has 2 rings (SSSR count). The number of amides is 2. The lowest BCUT2D eigenvalue weighted by Crippen LogP contribution is -2.22. The Kier molecular flexibility index (Phi) is 8.95. The summed E-state index contributed by atoms with van der Waals surface area (Å²) in [4.78, 5) is 47.6. The van der Waals surface area contributed by atoms with Crippen LogP contribution in [-0.4, -0.2) is 36.5 Å². The van der Waals surface area contributed by atoms with E-state index in [0.29, 0.717) is 16.9 Å². The van der Waals surface area contributed by atoms with Gasteiger partial charge in [0.15, 0.2) is 6.61 Å². The van der Waals surface area contributed by atoms with E-state index in [1.807, 2.05) is 32.0 Å². The van der Waals surface area contributed by atoms with Gasteiger partial charge in [-0.25, -0.2) is 4.79 Å². The second-order valence-corrected chi connectivity index (χ2v) is 7.66. The molecule has 2 aromatic carbocycles. The lowest BCUT2D eigenvalue weighted by molar-refractivity contribution is -0.147. The number of rotatable bonds is 9. The SMILES string of the molecule is Cc1cc(C)cc(NC(=O)COC(=O)CCC(=O)Nc2ccc(C(=O)OC(C)C)cc2)c1. The molecule has 0 fully saturated rings. The summed E-state index contributed by atoms with van der Waals surface area (Å²) in [6, 6.07) is 11.9. The molecule has 2 amide bonds. The summed E-state index contributed by atoms with van der Waals surface area (Å²) >= 11 is 0. The molecule has 0 bridgehead atoms. The van der Waals surface area contributed by atoms with E-state index in [4.69, 9.17) is 9.47 Å². The number of hydrogen-bond acceptors (Lipinski definition) is 6. The molecule has 2 aromatic rings. The van der Waals surface area contributed by atoms with E-state index in [2.05, 4.69) is 10.6 Å². The van der Waals surface area contributed by atoms with Gasteiger partial charge in [0.1, 0.15) is 0 Å². The largest absolute Gasteiger partial charge is 0.459 e. The fourth-order valence-corrected chi connectivity index (χ4v) is 2.87. The van der Waals surface area contributed by atoms with Crippen molar-refractivity contribution in [2.75, 3.05) is 17.2 Å². The number of ether oxygens (including phenoxy) is 2. The first-order chi connectivity index (χ1) is 15.1. The van der Waals surface area contributed by atoms with Crippen LogP contribution in [0.2, 0.25) is 0 Å². The first-order valence-electron chi connectivity index (χ1n) is 10.3. The number of hydrogen-bond donors (Lipinski definition) is 2. The third-order valence-electron chi connectivity index (χ3n) is 4.17. The molecule has 0 spiro atoms. The Morgan fingerprint density at radius 2 is 1.41 bits per heavy atom. The summed E-state index contributed by atoms with van der Waals surface area (Å²) in [5, 5.41) is 5.31. The highest BCUT2D eigenvalue weighted by Gasteiger charge is 2.12. The third kappa shape index (κ3) is 8.59. The summed E-state index contributed by atoms with van der Waals surface area (Å²) in [5.41, 5.74) is 3.50. The summed E-state index contributed by atoms with van der Waals surface area (Å²) in [7, 11) is 0. The van der Waals surface area contributed by atoms with E-state index in [9.17, 15) is 19.2 Å². The van der Waals surface area contributed by atoms with Crippen LogP contribution in [0.15, 0.2) is 42.5 Å². The number of carbonyl (C=O) groups is 4. The number of esters is 2. The van der Waals surface area contributed by atoms with Gasteiger partial charge in [0.05, 0.1) is 18.1 Å². The summed E-state index contributed by atoms with van der Waals surface area (Å²) in [6.45, 7) is 6.93. The van der Waals surface area contributed by atoms with E-state index < -0.39 is 24.5 Å². The molecule has 0 aliphatic carbocycles. The molecule has 0 heterocycles. The lowest BCUT2D eigenvalue weighted by Gasteiger charge is -2.09. The Morgan fingerprint density at radius 3 is 2.00 bits per heavy atom. The van der Waals surface area contributed by atoms with E-state index in [1.54, 1.807) is 38.1 Å². The lowest BCUT2D eigenvalue weighted by atomic mass is 10.1. The molecular weight excluding hydrogens is 412 g/mol. The second-order valence-electron chi connectivity index (χ2n) is 7.66. The number of benzene rings is 2. The van der Waals surface area contributed by atoms with Crippen molar-refractivity contribution in [1.82, 2.24) is 0 Å². The maximum Gasteiger partial charge on any atom is 0.338 e. The Bertz CT molecular complexity index is 962. The van der Waals surface area contributed by atoms with Crippen LogP contribution in [0.25, 0.3) is 0 Å². The maximum absolute atomic E-state index is 12.0. The van der Waals surface area contributed by atoms with Gasteiger partial charge in [-0.15, -0.1) is 0 Å². The van der Waals surface area contributed by atoms with Crippen molar-refractivity contribution in [3.8, 4) is 0 Å². The van der Waals surface area contributed by atoms with Crippen molar-refractivity contribution in [3.63, 3.8) is 0 Å². The van der Waals surface area contributed by atoms with Crippen LogP contribution in [0.4, 0.5) is 11.4 Å². The predicted molar refractivity (Wildman–Crippen MR) is 120 cm³/mol. The van der Waals surface area contributed by atoms with Crippen LogP contribution in [0, 0.1) is 13.8 Å². The molecule has 8 heteroatoms. The average Bonchev–Trinajstić information content (AvgIpc) is 2.70. The first-order valence-corrected chi connectivity index (χ1v) is 10.3. The molecule has 2 N–H and O–H groups in total. The van der Waals surface area contributed by atoms with Gasteiger partial charge in [-0.3, -0.25) is 14.4 Å². The molecule has 0 atom stereocenters. The van der Waals surface area contributed by atoms with Crippen LogP contribution in [0.5, 0.6) is 0 Å². The van der Waals surface area contributed by atoms with Gasteiger partial charge in [-0.05, 0) is 75.2 Å². The molecule has 8 nitrogen and oxygen atoms in total. The number of aryl methyl sites for hydroxylation is 2. The Labute approximate surface area is 187 Å². The normalized spacial score (nSPS) is 10.4. The fourth-order valence-electron chi connectivity index (χ4n) is 2.87. The van der Waals surface area contributed by atoms with Crippen LogP contribution >= 0.6 is 0 Å². The van der Waals surface area contributed by atoms with Crippen LogP contribution in [-0.2, 0) is 23.9 Å². The first kappa shape index (κ1) is 24.6. The standard InChI is InChI=1S/C24H28N2O6/c1-15(2)32-24(30)18-5-7-19(8-6-18)25-21(27)9-10-23(29)31-14-22(28)26-20-12-16(3)11-17(4)13-20/h5-8,11-13,15H,9-10,14H2,1-4H3,(H,25,27)(H,26,28). The predicted octanol–water partition coefficient (Wildman–Crippen LogP) is 3.77. The van der Waals surface area contributed by atoms with Gasteiger partial charge in [0.25, 0.3) is 5.91 Å². The third-order valence-corrected chi connectivity index (χ3v) is 4.17. The summed E-state index contributed by atoms with van der Waals surface area (Å²) in [6.07, 6.45) is -0.490. The maximum atomic E-state index is 12.0. The van der Waals surface area contributed by atoms with E-state index >= 15 is 0 Å².